The van der Waals surface area contributed by atoms with Crippen LogP contribution >= 0.6 is 0 Å². The Morgan fingerprint density at radius 1 is 0.745 bits per heavy atom. The molecule has 0 bridgehead atoms. The topological polar surface area (TPSA) is 178 Å². The molecule has 6 rings (SSSR count). The van der Waals surface area contributed by atoms with Crippen LogP contribution in [0.3, 0.4) is 0 Å². The molecule has 5 aromatic carbocycles. The SMILES string of the molecule is COc1c(O)c2c(=O)cc(OC)c3c4c(OC)cc(=O)c5c(O)c(OC)c6c(c(c1CC=C6C(C)=NCCCCCS(=O)(=O)O)c23)c54. The van der Waals surface area contributed by atoms with Crippen LogP contribution in [0.4, 0.5) is 0 Å². The molecule has 0 spiro atoms. The largest absolute Gasteiger partial charge is 0.504 e. The first kappa shape index (κ1) is 32.1. The van der Waals surface area contributed by atoms with Gasteiger partial charge < -0.3 is 29.2 Å². The molecule has 3 N–H and O–H groups in total. The molecule has 47 heavy (non-hydrogen) atoms. The summed E-state index contributed by atoms with van der Waals surface area (Å²) in [4.78, 5) is 32.1. The van der Waals surface area contributed by atoms with E-state index in [2.05, 4.69) is 0 Å². The first-order valence-corrected chi connectivity index (χ1v) is 16.5. The van der Waals surface area contributed by atoms with E-state index in [-0.39, 0.29) is 63.9 Å². The van der Waals surface area contributed by atoms with Crippen LogP contribution in [0.1, 0.15) is 37.3 Å². The highest BCUT2D eigenvalue weighted by atomic mass is 32.2. The Kier molecular flexibility index (Phi) is 8.00. The van der Waals surface area contributed by atoms with Gasteiger partial charge in [0, 0.05) is 68.0 Å². The predicted molar refractivity (Wildman–Crippen MR) is 181 cm³/mol. The maximum Gasteiger partial charge on any atom is 0.264 e. The number of hydrogen-bond donors (Lipinski definition) is 3. The fourth-order valence-corrected chi connectivity index (χ4v) is 7.55. The van der Waals surface area contributed by atoms with Crippen molar-refractivity contribution in [3.05, 3.63) is 49.8 Å². The number of methoxy groups -OCH3 is 4. The number of phenolic OH excluding ortho intramolecular Hbond substituents is 2. The Morgan fingerprint density at radius 2 is 1.30 bits per heavy atom. The highest BCUT2D eigenvalue weighted by Crippen LogP contribution is 2.57. The van der Waals surface area contributed by atoms with Crippen molar-refractivity contribution < 1.29 is 42.1 Å². The lowest BCUT2D eigenvalue weighted by atomic mass is 9.82. The molecular formula is C34H33NO11S. The van der Waals surface area contributed by atoms with E-state index in [9.17, 15) is 28.2 Å². The van der Waals surface area contributed by atoms with Crippen molar-refractivity contribution in [3.63, 3.8) is 0 Å². The first-order valence-electron chi connectivity index (χ1n) is 14.9. The van der Waals surface area contributed by atoms with E-state index in [0.29, 0.717) is 74.1 Å². The number of nitrogens with zero attached hydrogens (tertiary/aromatic N) is 1. The van der Waals surface area contributed by atoms with Crippen LogP contribution in [0.15, 0.2) is 32.8 Å². The number of rotatable bonds is 11. The number of phenols is 2. The molecule has 0 radical (unpaired) electrons. The zero-order valence-electron chi connectivity index (χ0n) is 26.4. The second-order valence-corrected chi connectivity index (χ2v) is 13.0. The standard InChI is InChI=1S/C34H33NO11S/c1-15(35-11-7-6-8-12-47(40,41)42)16-9-10-17-22-28-23(16)34(46-5)32(39)25-19(37)14-21(44-3)27(30(25)28)26-20(43-2)13-18(36)24(29(22)26)31(38)33(17)45-4/h9,13-14,38-39H,6-8,10-12H2,1-5H3,(H,40,41,42). The Morgan fingerprint density at radius 3 is 1.83 bits per heavy atom. The van der Waals surface area contributed by atoms with E-state index in [0.717, 1.165) is 0 Å². The second-order valence-electron chi connectivity index (χ2n) is 11.4. The number of fused-ring (bicyclic) bond motifs is 1. The number of hydrogen-bond acceptors (Lipinski definition) is 11. The predicted octanol–water partition coefficient (Wildman–Crippen LogP) is 4.80. The number of unbranched alkanes of at least 4 members (excludes halogenated alkanes) is 2. The van der Waals surface area contributed by atoms with Gasteiger partial charge in [-0.2, -0.15) is 8.42 Å². The van der Waals surface area contributed by atoms with Crippen molar-refractivity contribution in [3.8, 4) is 34.5 Å². The Balaban J connectivity index is 1.79. The van der Waals surface area contributed by atoms with E-state index >= 15 is 0 Å². The molecule has 12 nitrogen and oxygen atoms in total. The third-order valence-electron chi connectivity index (χ3n) is 8.89. The number of benzene rings is 5. The van der Waals surface area contributed by atoms with Crippen LogP contribution in [-0.4, -0.2) is 69.6 Å². The summed E-state index contributed by atoms with van der Waals surface area (Å²) in [5.74, 6) is -0.562. The zero-order valence-corrected chi connectivity index (χ0v) is 27.3. The lowest BCUT2D eigenvalue weighted by Crippen LogP contribution is -2.10. The molecule has 0 saturated carbocycles. The molecule has 1 aliphatic carbocycles. The molecule has 0 atom stereocenters. The molecular weight excluding hydrogens is 630 g/mol. The van der Waals surface area contributed by atoms with Crippen molar-refractivity contribution >= 4 is 64.5 Å². The summed E-state index contributed by atoms with van der Waals surface area (Å²) in [6.07, 6.45) is 3.42. The normalized spacial score (nSPS) is 13.6. The van der Waals surface area contributed by atoms with Crippen LogP contribution < -0.4 is 29.8 Å². The van der Waals surface area contributed by atoms with Crippen molar-refractivity contribution in [2.75, 3.05) is 40.7 Å². The molecule has 13 heteroatoms. The Hall–Kier alpha value is -4.88. The van der Waals surface area contributed by atoms with Crippen LogP contribution in [0, 0.1) is 0 Å². The third-order valence-corrected chi connectivity index (χ3v) is 9.70. The Bertz CT molecular complexity index is 2400. The summed E-state index contributed by atoms with van der Waals surface area (Å²) >= 11 is 0. The smallest absolute Gasteiger partial charge is 0.264 e. The molecule has 0 saturated heterocycles. The number of aromatic hydroxyl groups is 2. The van der Waals surface area contributed by atoms with E-state index in [1.807, 2.05) is 6.08 Å². The Labute approximate surface area is 268 Å². The van der Waals surface area contributed by atoms with Gasteiger partial charge in [0.15, 0.2) is 33.9 Å². The van der Waals surface area contributed by atoms with Gasteiger partial charge in [-0.15, -0.1) is 0 Å². The van der Waals surface area contributed by atoms with Crippen molar-refractivity contribution in [2.24, 2.45) is 4.99 Å². The second kappa shape index (κ2) is 11.7. The molecule has 0 heterocycles. The molecule has 0 aliphatic heterocycles. The van der Waals surface area contributed by atoms with Crippen LogP contribution in [0.25, 0.3) is 48.7 Å². The molecule has 1 aliphatic rings. The fourth-order valence-electron chi connectivity index (χ4n) is 6.99. The summed E-state index contributed by atoms with van der Waals surface area (Å²) in [5.41, 5.74) is 1.08. The highest BCUT2D eigenvalue weighted by molar-refractivity contribution is 7.85. The van der Waals surface area contributed by atoms with Crippen LogP contribution in [0.2, 0.25) is 0 Å². The fraction of sp³-hybridized carbons (Fsp3) is 0.324. The van der Waals surface area contributed by atoms with Crippen molar-refractivity contribution in [1.82, 2.24) is 0 Å². The van der Waals surface area contributed by atoms with Gasteiger partial charge in [0.1, 0.15) is 11.5 Å². The van der Waals surface area contributed by atoms with Gasteiger partial charge in [-0.25, -0.2) is 0 Å². The molecule has 5 aromatic rings. The molecule has 0 amide bonds. The summed E-state index contributed by atoms with van der Waals surface area (Å²) in [7, 11) is 1.56. The lowest BCUT2D eigenvalue weighted by Gasteiger charge is -2.24. The van der Waals surface area contributed by atoms with E-state index in [1.54, 1.807) is 6.92 Å². The quantitative estimate of drug-likeness (QED) is 0.0581. The number of allylic oxidation sites excluding steroid dienone is 2. The van der Waals surface area contributed by atoms with Crippen LogP contribution in [-0.2, 0) is 16.5 Å². The summed E-state index contributed by atoms with van der Waals surface area (Å²) in [6.45, 7) is 2.13. The van der Waals surface area contributed by atoms with Gasteiger partial charge in [-0.3, -0.25) is 19.1 Å². The van der Waals surface area contributed by atoms with Crippen LogP contribution in [0.5, 0.6) is 34.5 Å². The number of ether oxygens (including phenoxy) is 4. The minimum atomic E-state index is -4.04. The average molecular weight is 664 g/mol. The van der Waals surface area contributed by atoms with Gasteiger partial charge in [-0.1, -0.05) is 12.5 Å². The van der Waals surface area contributed by atoms with Gasteiger partial charge >= 0.3 is 0 Å². The molecule has 0 unspecified atom stereocenters. The number of aliphatic imine (C=N–C) groups is 1. The monoisotopic (exact) mass is 663 g/mol. The van der Waals surface area contributed by atoms with Gasteiger partial charge in [-0.05, 0) is 31.6 Å². The van der Waals surface area contributed by atoms with Gasteiger partial charge in [0.25, 0.3) is 10.1 Å². The third kappa shape index (κ3) is 4.83. The maximum atomic E-state index is 13.7. The van der Waals surface area contributed by atoms with Gasteiger partial charge in [0.05, 0.1) is 45.0 Å². The molecule has 0 fully saturated rings. The summed E-state index contributed by atoms with van der Waals surface area (Å²) < 4.78 is 54.2. The molecule has 246 valence electrons. The summed E-state index contributed by atoms with van der Waals surface area (Å²) in [5, 5.41) is 25.8. The van der Waals surface area contributed by atoms with E-state index in [1.165, 1.54) is 40.6 Å². The van der Waals surface area contributed by atoms with Gasteiger partial charge in [0.2, 0.25) is 0 Å². The zero-order chi connectivity index (χ0) is 33.9. The molecule has 0 aromatic heterocycles. The van der Waals surface area contributed by atoms with Crippen molar-refractivity contribution in [2.45, 2.75) is 32.6 Å². The average Bonchev–Trinajstić information content (AvgIpc) is 3.20. The summed E-state index contributed by atoms with van der Waals surface area (Å²) in [6, 6.07) is 2.53. The van der Waals surface area contributed by atoms with Crippen molar-refractivity contribution in [1.29, 1.82) is 0 Å². The highest BCUT2D eigenvalue weighted by Gasteiger charge is 2.34. The lowest BCUT2D eigenvalue weighted by molar-refractivity contribution is 0.373. The minimum Gasteiger partial charge on any atom is -0.504 e. The maximum absolute atomic E-state index is 13.7. The minimum absolute atomic E-state index is 0.000164. The van der Waals surface area contributed by atoms with E-state index in [4.69, 9.17) is 28.5 Å². The first-order chi connectivity index (χ1) is 22.4. The van der Waals surface area contributed by atoms with E-state index < -0.39 is 21.0 Å².